The van der Waals surface area contributed by atoms with Gasteiger partial charge in [-0.05, 0) is 11.6 Å². The average Bonchev–Trinajstić information content (AvgIpc) is 2.04. The molecule has 1 aromatic rings. The van der Waals surface area contributed by atoms with Gasteiger partial charge in [0.25, 0.3) is 0 Å². The third kappa shape index (κ3) is 1.53. The summed E-state index contributed by atoms with van der Waals surface area (Å²) in [5.41, 5.74) is 5.73. The smallest absolute Gasteiger partial charge is 0.116 e. The largest absolute Gasteiger partial charge is 0.545 e. The van der Waals surface area contributed by atoms with E-state index >= 15 is 0 Å². The van der Waals surface area contributed by atoms with Crippen LogP contribution in [0.3, 0.4) is 0 Å². The van der Waals surface area contributed by atoms with E-state index in [1.807, 2.05) is 0 Å². The van der Waals surface area contributed by atoms with E-state index in [1.54, 1.807) is 0 Å². The summed E-state index contributed by atoms with van der Waals surface area (Å²) >= 11 is 0. The monoisotopic (exact) mass is 168 g/mol. The summed E-state index contributed by atoms with van der Waals surface area (Å²) < 4.78 is 12.1. The molecule has 0 aliphatic heterocycles. The van der Waals surface area contributed by atoms with Crippen LogP contribution in [0.15, 0.2) is 18.2 Å². The highest BCUT2D eigenvalue weighted by atomic mass is 19.1. The van der Waals surface area contributed by atoms with Gasteiger partial charge in [-0.2, -0.15) is 0 Å². The second-order valence-electron chi connectivity index (χ2n) is 2.33. The molecule has 0 unspecified atom stereocenters. The normalized spacial score (nSPS) is 9.75. The Balaban J connectivity index is 3.10. The number of carboxylic acids is 1. The van der Waals surface area contributed by atoms with Crippen LogP contribution in [-0.4, -0.2) is 5.97 Å². The Morgan fingerprint density at radius 1 is 1.58 bits per heavy atom. The molecule has 0 radical (unpaired) electrons. The molecule has 3 nitrogen and oxygen atoms in total. The Morgan fingerprint density at radius 3 is 2.67 bits per heavy atom. The van der Waals surface area contributed by atoms with Gasteiger partial charge in [-0.15, -0.1) is 0 Å². The second kappa shape index (κ2) is 3.21. The van der Waals surface area contributed by atoms with Crippen molar-refractivity contribution in [2.45, 2.75) is 6.67 Å². The van der Waals surface area contributed by atoms with Gasteiger partial charge in [-0.25, -0.2) is 4.39 Å². The lowest BCUT2D eigenvalue weighted by Crippen LogP contribution is -2.22. The fourth-order valence-electron chi connectivity index (χ4n) is 0.844. The summed E-state index contributed by atoms with van der Waals surface area (Å²) in [4.78, 5) is 10.3. The molecule has 0 bridgehead atoms. The molecule has 64 valence electrons. The predicted molar refractivity (Wildman–Crippen MR) is 40.0 cm³/mol. The molecular weight excluding hydrogens is 161 g/mol. The van der Waals surface area contributed by atoms with Gasteiger partial charge in [0.2, 0.25) is 0 Å². The van der Waals surface area contributed by atoms with E-state index in [1.165, 1.54) is 18.2 Å². The van der Waals surface area contributed by atoms with E-state index in [0.717, 1.165) is 0 Å². The number of benzene rings is 1. The molecule has 0 aromatic heterocycles. The molecule has 0 saturated heterocycles. The van der Waals surface area contributed by atoms with Crippen LogP contribution >= 0.6 is 0 Å². The topological polar surface area (TPSA) is 66.2 Å². The Bertz CT molecular complexity index is 312. The van der Waals surface area contributed by atoms with Crippen LogP contribution in [0.2, 0.25) is 0 Å². The zero-order chi connectivity index (χ0) is 9.14. The Hall–Kier alpha value is -1.58. The molecule has 2 N–H and O–H groups in total. The number of carbonyl (C=O) groups is 1. The second-order valence-corrected chi connectivity index (χ2v) is 2.33. The number of aromatic carboxylic acids is 1. The quantitative estimate of drug-likeness (QED) is 0.637. The van der Waals surface area contributed by atoms with Gasteiger partial charge in [0, 0.05) is 11.3 Å². The minimum absolute atomic E-state index is 0.0373. The first-order valence-corrected chi connectivity index (χ1v) is 3.31. The third-order valence-corrected chi connectivity index (χ3v) is 1.53. The lowest BCUT2D eigenvalue weighted by molar-refractivity contribution is -0.255. The number of carboxylic acid groups (broad SMARTS) is 1. The first-order valence-electron chi connectivity index (χ1n) is 3.31. The van der Waals surface area contributed by atoms with Gasteiger partial charge < -0.3 is 15.6 Å². The van der Waals surface area contributed by atoms with E-state index in [9.17, 15) is 14.3 Å². The van der Waals surface area contributed by atoms with Crippen molar-refractivity contribution in [3.8, 4) is 0 Å². The van der Waals surface area contributed by atoms with Crippen LogP contribution in [0.1, 0.15) is 15.9 Å². The van der Waals surface area contributed by atoms with Gasteiger partial charge in [-0.1, -0.05) is 12.1 Å². The van der Waals surface area contributed by atoms with Crippen molar-refractivity contribution in [3.05, 3.63) is 29.3 Å². The minimum Gasteiger partial charge on any atom is -0.545 e. The summed E-state index contributed by atoms with van der Waals surface area (Å²) in [5.74, 6) is -1.31. The van der Waals surface area contributed by atoms with E-state index in [4.69, 9.17) is 5.73 Å². The third-order valence-electron chi connectivity index (χ3n) is 1.53. The summed E-state index contributed by atoms with van der Waals surface area (Å²) in [7, 11) is 0. The van der Waals surface area contributed by atoms with Crippen molar-refractivity contribution in [1.82, 2.24) is 0 Å². The zero-order valence-electron chi connectivity index (χ0n) is 6.21. The number of halogens is 1. The maximum absolute atomic E-state index is 12.1. The first kappa shape index (κ1) is 8.52. The van der Waals surface area contributed by atoms with Crippen LogP contribution in [0.25, 0.3) is 0 Å². The van der Waals surface area contributed by atoms with Crippen molar-refractivity contribution >= 4 is 11.7 Å². The van der Waals surface area contributed by atoms with Crippen LogP contribution in [-0.2, 0) is 6.67 Å². The van der Waals surface area contributed by atoms with Crippen molar-refractivity contribution in [1.29, 1.82) is 0 Å². The SMILES string of the molecule is Nc1cc(C(=O)[O-])ccc1CF. The molecule has 0 spiro atoms. The highest BCUT2D eigenvalue weighted by molar-refractivity contribution is 5.87. The highest BCUT2D eigenvalue weighted by Crippen LogP contribution is 2.14. The first-order chi connectivity index (χ1) is 5.65. The number of nitrogens with two attached hydrogens (primary N) is 1. The van der Waals surface area contributed by atoms with Crippen LogP contribution in [0.5, 0.6) is 0 Å². The van der Waals surface area contributed by atoms with E-state index in [2.05, 4.69) is 0 Å². The van der Waals surface area contributed by atoms with Crippen LogP contribution in [0, 0.1) is 0 Å². The Kier molecular flexibility index (Phi) is 2.28. The summed E-state index contributed by atoms with van der Waals surface area (Å²) in [6, 6.07) is 3.78. The molecule has 0 fully saturated rings. The maximum Gasteiger partial charge on any atom is 0.116 e. The van der Waals surface area contributed by atoms with Crippen LogP contribution in [0.4, 0.5) is 10.1 Å². The van der Waals surface area contributed by atoms with Crippen molar-refractivity contribution in [3.63, 3.8) is 0 Å². The van der Waals surface area contributed by atoms with Crippen molar-refractivity contribution < 1.29 is 14.3 Å². The molecule has 1 rings (SSSR count). The molecular formula is C8H7FNO2-. The lowest BCUT2D eigenvalue weighted by atomic mass is 10.1. The number of nitrogen functional groups attached to an aromatic ring is 1. The Labute approximate surface area is 68.6 Å². The van der Waals surface area contributed by atoms with Gasteiger partial charge in [0.05, 0.1) is 5.97 Å². The molecule has 12 heavy (non-hydrogen) atoms. The summed E-state index contributed by atoms with van der Waals surface area (Å²) in [6.45, 7) is -0.695. The standard InChI is InChI=1S/C8H8FNO2/c9-4-6-2-1-5(8(11)12)3-7(6)10/h1-3H,4,10H2,(H,11,12)/p-1. The highest BCUT2D eigenvalue weighted by Gasteiger charge is 2.00. The fourth-order valence-corrected chi connectivity index (χ4v) is 0.844. The van der Waals surface area contributed by atoms with Crippen molar-refractivity contribution in [2.75, 3.05) is 5.73 Å². The molecule has 0 atom stereocenters. The summed E-state index contributed by atoms with van der Waals surface area (Å²) in [5, 5.41) is 10.3. The van der Waals surface area contributed by atoms with Crippen LogP contribution < -0.4 is 10.8 Å². The van der Waals surface area contributed by atoms with E-state index in [-0.39, 0.29) is 11.3 Å². The minimum atomic E-state index is -1.31. The van der Waals surface area contributed by atoms with Gasteiger partial charge in [0.1, 0.15) is 6.67 Å². The fraction of sp³-hybridized carbons (Fsp3) is 0.125. The molecule has 0 aliphatic carbocycles. The predicted octanol–water partition coefficient (Wildman–Crippen LogP) is 0.102. The number of hydrogen-bond acceptors (Lipinski definition) is 3. The molecule has 1 aromatic carbocycles. The average molecular weight is 168 g/mol. The van der Waals surface area contributed by atoms with Gasteiger partial charge >= 0.3 is 0 Å². The van der Waals surface area contributed by atoms with Gasteiger partial charge in [-0.3, -0.25) is 0 Å². The molecule has 0 heterocycles. The number of carbonyl (C=O) groups excluding carboxylic acids is 1. The van der Waals surface area contributed by atoms with Gasteiger partial charge in [0.15, 0.2) is 0 Å². The molecule has 0 saturated carbocycles. The van der Waals surface area contributed by atoms with E-state index in [0.29, 0.717) is 5.56 Å². The molecule has 0 amide bonds. The number of rotatable bonds is 2. The number of anilines is 1. The van der Waals surface area contributed by atoms with Crippen molar-refractivity contribution in [2.24, 2.45) is 0 Å². The zero-order valence-corrected chi connectivity index (χ0v) is 6.21. The number of alkyl halides is 1. The Morgan fingerprint density at radius 2 is 2.25 bits per heavy atom. The molecule has 4 heteroatoms. The maximum atomic E-state index is 12.1. The van der Waals surface area contributed by atoms with E-state index < -0.39 is 12.6 Å². The molecule has 0 aliphatic rings. The summed E-state index contributed by atoms with van der Waals surface area (Å²) in [6.07, 6.45) is 0. The number of hydrogen-bond donors (Lipinski definition) is 1. The lowest BCUT2D eigenvalue weighted by Gasteiger charge is -2.05.